The Morgan fingerprint density at radius 1 is 0.262 bits per heavy atom. The molecule has 3 nitrogen and oxygen atoms in total. The number of ether oxygens (including phenoxy) is 1. The molecule has 0 saturated carbocycles. The van der Waals surface area contributed by atoms with E-state index in [4.69, 9.17) is 4.74 Å². The highest BCUT2D eigenvalue weighted by atomic mass is 16.5. The van der Waals surface area contributed by atoms with Gasteiger partial charge in [0.15, 0.2) is 0 Å². The van der Waals surface area contributed by atoms with Crippen molar-refractivity contribution in [1.29, 1.82) is 0 Å². The summed E-state index contributed by atoms with van der Waals surface area (Å²) < 4.78 is 6.99. The van der Waals surface area contributed by atoms with Gasteiger partial charge in [0, 0.05) is 50.6 Å². The zero-order valence-corrected chi connectivity index (χ0v) is 33.4. The van der Waals surface area contributed by atoms with Crippen molar-refractivity contribution in [2.45, 2.75) is 0 Å². The molecule has 10 aromatic rings. The number of rotatable bonds is 9. The molecule has 0 aliphatic carbocycles. The fourth-order valence-corrected chi connectivity index (χ4v) is 8.67. The number of hydrogen-bond donors (Lipinski definition) is 0. The van der Waals surface area contributed by atoms with Crippen molar-refractivity contribution >= 4 is 44.9 Å². The van der Waals surface area contributed by atoms with Crippen molar-refractivity contribution < 1.29 is 4.74 Å². The van der Waals surface area contributed by atoms with Crippen LogP contribution in [-0.4, -0.2) is 0 Å². The van der Waals surface area contributed by atoms with Gasteiger partial charge in [-0.15, -0.1) is 0 Å². The Morgan fingerprint density at radius 3 is 1.15 bits per heavy atom. The largest absolute Gasteiger partial charge is 0.455 e. The summed E-state index contributed by atoms with van der Waals surface area (Å²) >= 11 is 0. The lowest BCUT2D eigenvalue weighted by Crippen LogP contribution is -2.09. The SMILES string of the molecule is c1ccc(N(c2ccccc2)c2ccc(-c3ccc(-c4ccc5cccc6c5c4Oc4cc(-c5ccc(N(c7ccccc7)c7ccccc7)cc5)ccc4-6)cc3)cc2)cc1. The van der Waals surface area contributed by atoms with E-state index >= 15 is 0 Å². The number of anilines is 6. The molecule has 0 amide bonds. The van der Waals surface area contributed by atoms with E-state index in [1.54, 1.807) is 0 Å². The van der Waals surface area contributed by atoms with Gasteiger partial charge in [-0.05, 0) is 130 Å². The first-order chi connectivity index (χ1) is 30.2. The second-order valence-electron chi connectivity index (χ2n) is 15.3. The molecule has 10 aromatic carbocycles. The lowest BCUT2D eigenvalue weighted by Gasteiger charge is -2.26. The summed E-state index contributed by atoms with van der Waals surface area (Å²) in [5, 5.41) is 2.31. The Balaban J connectivity index is 0.893. The Hall–Kier alpha value is -8.14. The number of benzene rings is 10. The van der Waals surface area contributed by atoms with Crippen LogP contribution in [0.15, 0.2) is 243 Å². The predicted octanol–water partition coefficient (Wildman–Crippen LogP) is 16.6. The Labute approximate surface area is 356 Å². The molecule has 0 unspecified atom stereocenters. The van der Waals surface area contributed by atoms with Gasteiger partial charge in [-0.1, -0.05) is 152 Å². The molecule has 0 N–H and O–H groups in total. The summed E-state index contributed by atoms with van der Waals surface area (Å²) in [7, 11) is 0. The summed E-state index contributed by atoms with van der Waals surface area (Å²) in [5.41, 5.74) is 15.7. The molecule has 0 radical (unpaired) electrons. The molecule has 0 bridgehead atoms. The van der Waals surface area contributed by atoms with Crippen LogP contribution in [0.4, 0.5) is 34.1 Å². The summed E-state index contributed by atoms with van der Waals surface area (Å²) in [5.74, 6) is 1.76. The van der Waals surface area contributed by atoms with Crippen LogP contribution in [0, 0.1) is 0 Å². The number of fused-ring (bicyclic) bond motifs is 2. The van der Waals surface area contributed by atoms with Gasteiger partial charge in [-0.3, -0.25) is 0 Å². The fourth-order valence-electron chi connectivity index (χ4n) is 8.67. The van der Waals surface area contributed by atoms with Crippen LogP contribution in [0.25, 0.3) is 55.3 Å². The molecule has 0 aromatic heterocycles. The molecule has 0 atom stereocenters. The number of nitrogens with zero attached hydrogens (tertiary/aromatic N) is 2. The highest BCUT2D eigenvalue weighted by molar-refractivity contribution is 6.08. The van der Waals surface area contributed by atoms with Gasteiger partial charge in [0.25, 0.3) is 0 Å². The normalized spacial score (nSPS) is 11.4. The Morgan fingerprint density at radius 2 is 0.656 bits per heavy atom. The molecule has 0 saturated heterocycles. The zero-order valence-electron chi connectivity index (χ0n) is 33.4. The van der Waals surface area contributed by atoms with Crippen LogP contribution < -0.4 is 14.5 Å². The van der Waals surface area contributed by atoms with E-state index in [0.717, 1.165) is 90.0 Å². The maximum atomic E-state index is 6.99. The van der Waals surface area contributed by atoms with E-state index in [-0.39, 0.29) is 0 Å². The molecule has 1 aliphatic rings. The second kappa shape index (κ2) is 15.6. The number of hydrogen-bond acceptors (Lipinski definition) is 3. The second-order valence-corrected chi connectivity index (χ2v) is 15.3. The van der Waals surface area contributed by atoms with Crippen molar-refractivity contribution in [3.63, 3.8) is 0 Å². The van der Waals surface area contributed by atoms with Gasteiger partial charge in [-0.25, -0.2) is 0 Å². The third-order valence-electron chi connectivity index (χ3n) is 11.7. The average Bonchev–Trinajstić information content (AvgIpc) is 3.34. The van der Waals surface area contributed by atoms with Crippen molar-refractivity contribution in [2.75, 3.05) is 9.80 Å². The summed E-state index contributed by atoms with van der Waals surface area (Å²) in [6, 6.07) is 86.1. The maximum Gasteiger partial charge on any atom is 0.143 e. The molecule has 0 spiro atoms. The standard InChI is InChI=1S/C58H40N2O/c1-5-15-47(16-6-1)59(48-17-7-2-8-18-48)51-34-28-42(29-35-51)41-24-26-44(27-25-41)53-38-32-45-14-13-23-55-54-39-33-46(40-56(54)61-58(53)57(45)55)43-30-36-52(37-31-43)60(49-19-9-3-10-20-49)50-21-11-4-12-22-50/h1-40H. The first-order valence-electron chi connectivity index (χ1n) is 20.7. The Kier molecular flexibility index (Phi) is 9.18. The topological polar surface area (TPSA) is 15.7 Å². The quantitative estimate of drug-likeness (QED) is 0.145. The first-order valence-corrected chi connectivity index (χ1v) is 20.7. The first kappa shape index (κ1) is 36.0. The fraction of sp³-hybridized carbons (Fsp3) is 0. The van der Waals surface area contributed by atoms with Crippen LogP contribution >= 0.6 is 0 Å². The van der Waals surface area contributed by atoms with Gasteiger partial charge in [-0.2, -0.15) is 0 Å². The van der Waals surface area contributed by atoms with Crippen molar-refractivity contribution in [1.82, 2.24) is 0 Å². The van der Waals surface area contributed by atoms with Crippen molar-refractivity contribution in [2.24, 2.45) is 0 Å². The molecule has 1 heterocycles. The zero-order chi connectivity index (χ0) is 40.5. The minimum Gasteiger partial charge on any atom is -0.455 e. The van der Waals surface area contributed by atoms with E-state index in [1.165, 1.54) is 10.9 Å². The molecule has 1 aliphatic heterocycles. The molecule has 0 fully saturated rings. The van der Waals surface area contributed by atoms with Gasteiger partial charge in [0.05, 0.1) is 0 Å². The van der Waals surface area contributed by atoms with Crippen LogP contribution in [0.5, 0.6) is 11.5 Å². The lowest BCUT2D eigenvalue weighted by molar-refractivity contribution is 0.489. The molecular formula is C58H40N2O. The average molecular weight is 781 g/mol. The maximum absolute atomic E-state index is 6.99. The smallest absolute Gasteiger partial charge is 0.143 e. The van der Waals surface area contributed by atoms with Crippen LogP contribution in [0.1, 0.15) is 0 Å². The minimum absolute atomic E-state index is 0.862. The van der Waals surface area contributed by atoms with E-state index in [2.05, 4.69) is 252 Å². The molecule has 61 heavy (non-hydrogen) atoms. The van der Waals surface area contributed by atoms with Gasteiger partial charge in [0.2, 0.25) is 0 Å². The monoisotopic (exact) mass is 780 g/mol. The van der Waals surface area contributed by atoms with Gasteiger partial charge < -0.3 is 14.5 Å². The highest BCUT2D eigenvalue weighted by Crippen LogP contribution is 2.51. The molecule has 288 valence electrons. The van der Waals surface area contributed by atoms with E-state index in [0.29, 0.717) is 0 Å². The summed E-state index contributed by atoms with van der Waals surface area (Å²) in [4.78, 5) is 4.57. The summed E-state index contributed by atoms with van der Waals surface area (Å²) in [6.07, 6.45) is 0. The highest BCUT2D eigenvalue weighted by Gasteiger charge is 2.24. The van der Waals surface area contributed by atoms with Crippen LogP contribution in [0.2, 0.25) is 0 Å². The van der Waals surface area contributed by atoms with Gasteiger partial charge in [0.1, 0.15) is 11.5 Å². The van der Waals surface area contributed by atoms with Crippen LogP contribution in [-0.2, 0) is 0 Å². The molecule has 11 rings (SSSR count). The lowest BCUT2D eigenvalue weighted by atomic mass is 9.90. The van der Waals surface area contributed by atoms with Crippen LogP contribution in [0.3, 0.4) is 0 Å². The van der Waals surface area contributed by atoms with Crippen molar-refractivity contribution in [3.05, 3.63) is 243 Å². The third kappa shape index (κ3) is 6.78. The van der Waals surface area contributed by atoms with E-state index < -0.39 is 0 Å². The van der Waals surface area contributed by atoms with Gasteiger partial charge >= 0.3 is 0 Å². The molecule has 3 heteroatoms. The van der Waals surface area contributed by atoms with E-state index in [1.807, 2.05) is 0 Å². The Bertz CT molecular complexity index is 3030. The van der Waals surface area contributed by atoms with Crippen molar-refractivity contribution in [3.8, 4) is 56.0 Å². The van der Waals surface area contributed by atoms with E-state index in [9.17, 15) is 0 Å². The third-order valence-corrected chi connectivity index (χ3v) is 11.7. The molecular weight excluding hydrogens is 741 g/mol. The number of para-hydroxylation sites is 4. The predicted molar refractivity (Wildman–Crippen MR) is 255 cm³/mol. The minimum atomic E-state index is 0.862. The summed E-state index contributed by atoms with van der Waals surface area (Å²) in [6.45, 7) is 0.